The molecule has 3 N–H and O–H groups in total. The second kappa shape index (κ2) is 8.96. The quantitative estimate of drug-likeness (QED) is 0.586. The van der Waals surface area contributed by atoms with Crippen LogP contribution in [-0.2, 0) is 0 Å². The number of nitrogens with two attached hydrogens (primary N) is 1. The van der Waals surface area contributed by atoms with Crippen molar-refractivity contribution in [1.29, 1.82) is 0 Å². The van der Waals surface area contributed by atoms with E-state index in [1.54, 1.807) is 0 Å². The topological polar surface area (TPSA) is 59.6 Å². The molecular weight excluding hydrogens is 298 g/mol. The SMILES string of the molecule is CCC(CN=C(N)Nc1ccc(OC(C)C)cc1)c1ccccc1. The number of aliphatic imine (C=N–C) groups is 1. The van der Waals surface area contributed by atoms with Crippen LogP contribution in [-0.4, -0.2) is 18.6 Å². The van der Waals surface area contributed by atoms with Gasteiger partial charge in [0, 0.05) is 18.2 Å². The molecule has 24 heavy (non-hydrogen) atoms. The van der Waals surface area contributed by atoms with Gasteiger partial charge < -0.3 is 15.8 Å². The van der Waals surface area contributed by atoms with E-state index in [4.69, 9.17) is 10.5 Å². The summed E-state index contributed by atoms with van der Waals surface area (Å²) in [6, 6.07) is 18.2. The van der Waals surface area contributed by atoms with E-state index in [2.05, 4.69) is 41.5 Å². The number of rotatable bonds is 7. The highest BCUT2D eigenvalue weighted by Gasteiger charge is 2.08. The Bertz CT molecular complexity index is 636. The van der Waals surface area contributed by atoms with Crippen molar-refractivity contribution >= 4 is 11.6 Å². The number of ether oxygens (including phenoxy) is 1. The van der Waals surface area contributed by atoms with Crippen molar-refractivity contribution in [3.63, 3.8) is 0 Å². The van der Waals surface area contributed by atoms with Crippen LogP contribution in [0.4, 0.5) is 5.69 Å². The van der Waals surface area contributed by atoms with Crippen molar-refractivity contribution in [3.8, 4) is 5.75 Å². The molecule has 1 atom stereocenters. The standard InChI is InChI=1S/C20H27N3O/c1-4-16(17-8-6-5-7-9-17)14-22-20(21)23-18-10-12-19(13-11-18)24-15(2)3/h5-13,15-16H,4,14H2,1-3H3,(H3,21,22,23). The van der Waals surface area contributed by atoms with Crippen molar-refractivity contribution in [2.45, 2.75) is 39.2 Å². The Balaban J connectivity index is 1.93. The Labute approximate surface area is 144 Å². The largest absolute Gasteiger partial charge is 0.491 e. The molecule has 0 spiro atoms. The minimum Gasteiger partial charge on any atom is -0.491 e. The van der Waals surface area contributed by atoms with Crippen LogP contribution in [0.3, 0.4) is 0 Å². The van der Waals surface area contributed by atoms with Gasteiger partial charge in [-0.05, 0) is 50.1 Å². The number of hydrogen-bond acceptors (Lipinski definition) is 2. The van der Waals surface area contributed by atoms with Gasteiger partial charge >= 0.3 is 0 Å². The zero-order chi connectivity index (χ0) is 17.4. The summed E-state index contributed by atoms with van der Waals surface area (Å²) >= 11 is 0. The van der Waals surface area contributed by atoms with Crippen molar-refractivity contribution in [3.05, 3.63) is 60.2 Å². The fraction of sp³-hybridized carbons (Fsp3) is 0.350. The van der Waals surface area contributed by atoms with Crippen molar-refractivity contribution in [1.82, 2.24) is 0 Å². The first-order valence-electron chi connectivity index (χ1n) is 8.47. The van der Waals surface area contributed by atoms with E-state index in [9.17, 15) is 0 Å². The average molecular weight is 325 g/mol. The van der Waals surface area contributed by atoms with Crippen LogP contribution in [0.15, 0.2) is 59.6 Å². The first-order chi connectivity index (χ1) is 11.6. The smallest absolute Gasteiger partial charge is 0.193 e. The minimum atomic E-state index is 0.166. The minimum absolute atomic E-state index is 0.166. The molecule has 0 fully saturated rings. The number of guanidine groups is 1. The lowest BCUT2D eigenvalue weighted by atomic mass is 9.97. The van der Waals surface area contributed by atoms with Gasteiger partial charge in [-0.3, -0.25) is 4.99 Å². The molecule has 2 aromatic rings. The Hall–Kier alpha value is -2.49. The summed E-state index contributed by atoms with van der Waals surface area (Å²) < 4.78 is 5.63. The van der Waals surface area contributed by atoms with E-state index in [-0.39, 0.29) is 6.10 Å². The predicted octanol–water partition coefficient (Wildman–Crippen LogP) is 4.39. The van der Waals surface area contributed by atoms with Crippen LogP contribution in [0.1, 0.15) is 38.7 Å². The van der Waals surface area contributed by atoms with Crippen LogP contribution in [0.2, 0.25) is 0 Å². The van der Waals surface area contributed by atoms with E-state index in [1.807, 2.05) is 44.2 Å². The highest BCUT2D eigenvalue weighted by molar-refractivity contribution is 5.92. The molecule has 0 aliphatic rings. The van der Waals surface area contributed by atoms with Gasteiger partial charge in [-0.15, -0.1) is 0 Å². The van der Waals surface area contributed by atoms with Crippen LogP contribution in [0.25, 0.3) is 0 Å². The van der Waals surface area contributed by atoms with Crippen molar-refractivity contribution in [2.24, 2.45) is 10.7 Å². The molecule has 2 rings (SSSR count). The van der Waals surface area contributed by atoms with E-state index in [0.29, 0.717) is 18.4 Å². The van der Waals surface area contributed by atoms with Crippen LogP contribution in [0.5, 0.6) is 5.75 Å². The lowest BCUT2D eigenvalue weighted by molar-refractivity contribution is 0.242. The molecule has 128 valence electrons. The fourth-order valence-corrected chi connectivity index (χ4v) is 2.48. The summed E-state index contributed by atoms with van der Waals surface area (Å²) in [5.41, 5.74) is 8.21. The summed E-state index contributed by atoms with van der Waals surface area (Å²) in [6.07, 6.45) is 1.20. The molecule has 0 bridgehead atoms. The molecule has 0 amide bonds. The number of anilines is 1. The Morgan fingerprint density at radius 3 is 2.33 bits per heavy atom. The Morgan fingerprint density at radius 2 is 1.75 bits per heavy atom. The van der Waals surface area contributed by atoms with Crippen LogP contribution < -0.4 is 15.8 Å². The van der Waals surface area contributed by atoms with Gasteiger partial charge in [-0.25, -0.2) is 0 Å². The third kappa shape index (κ3) is 5.61. The zero-order valence-electron chi connectivity index (χ0n) is 14.7. The van der Waals surface area contributed by atoms with E-state index >= 15 is 0 Å². The molecule has 0 aliphatic carbocycles. The highest BCUT2D eigenvalue weighted by Crippen LogP contribution is 2.20. The number of nitrogens with one attached hydrogen (secondary N) is 1. The molecule has 0 heterocycles. The van der Waals surface area contributed by atoms with Gasteiger partial charge in [-0.1, -0.05) is 37.3 Å². The van der Waals surface area contributed by atoms with Crippen LogP contribution >= 0.6 is 0 Å². The van der Waals surface area contributed by atoms with Gasteiger partial charge in [-0.2, -0.15) is 0 Å². The molecule has 4 nitrogen and oxygen atoms in total. The van der Waals surface area contributed by atoms with Gasteiger partial charge in [0.2, 0.25) is 0 Å². The first-order valence-corrected chi connectivity index (χ1v) is 8.47. The van der Waals surface area contributed by atoms with Gasteiger partial charge in [0.25, 0.3) is 0 Å². The summed E-state index contributed by atoms with van der Waals surface area (Å²) in [5.74, 6) is 1.66. The molecule has 0 saturated carbocycles. The van der Waals surface area contributed by atoms with E-state index < -0.39 is 0 Å². The van der Waals surface area contributed by atoms with Crippen molar-refractivity contribution < 1.29 is 4.74 Å². The van der Waals surface area contributed by atoms with Gasteiger partial charge in [0.05, 0.1) is 6.10 Å². The number of hydrogen-bond donors (Lipinski definition) is 2. The Kier molecular flexibility index (Phi) is 6.67. The maximum atomic E-state index is 6.01. The molecule has 0 saturated heterocycles. The van der Waals surface area contributed by atoms with E-state index in [1.165, 1.54) is 5.56 Å². The third-order valence-corrected chi connectivity index (χ3v) is 3.74. The molecule has 2 aromatic carbocycles. The van der Waals surface area contributed by atoms with Gasteiger partial charge in [0.15, 0.2) is 5.96 Å². The lowest BCUT2D eigenvalue weighted by Crippen LogP contribution is -2.23. The summed E-state index contributed by atoms with van der Waals surface area (Å²) in [4.78, 5) is 4.49. The molecule has 0 radical (unpaired) electrons. The molecule has 1 unspecified atom stereocenters. The summed E-state index contributed by atoms with van der Waals surface area (Å²) in [5, 5.41) is 3.13. The average Bonchev–Trinajstić information content (AvgIpc) is 2.58. The Morgan fingerprint density at radius 1 is 1.08 bits per heavy atom. The maximum Gasteiger partial charge on any atom is 0.193 e. The molecular formula is C20H27N3O. The third-order valence-electron chi connectivity index (χ3n) is 3.74. The number of benzene rings is 2. The summed E-state index contributed by atoms with van der Waals surface area (Å²) in [7, 11) is 0. The molecule has 0 aromatic heterocycles. The normalized spacial score (nSPS) is 12.9. The fourth-order valence-electron chi connectivity index (χ4n) is 2.48. The predicted molar refractivity (Wildman–Crippen MR) is 102 cm³/mol. The van der Waals surface area contributed by atoms with Gasteiger partial charge in [0.1, 0.15) is 5.75 Å². The highest BCUT2D eigenvalue weighted by atomic mass is 16.5. The first kappa shape index (κ1) is 17.9. The second-order valence-electron chi connectivity index (χ2n) is 6.06. The molecule has 0 aliphatic heterocycles. The van der Waals surface area contributed by atoms with E-state index in [0.717, 1.165) is 17.9 Å². The summed E-state index contributed by atoms with van der Waals surface area (Å²) in [6.45, 7) is 6.86. The van der Waals surface area contributed by atoms with Crippen LogP contribution in [0, 0.1) is 0 Å². The lowest BCUT2D eigenvalue weighted by Gasteiger charge is -2.14. The van der Waals surface area contributed by atoms with Crippen molar-refractivity contribution in [2.75, 3.05) is 11.9 Å². The number of nitrogens with zero attached hydrogens (tertiary/aromatic N) is 1. The molecule has 4 heteroatoms. The second-order valence-corrected chi connectivity index (χ2v) is 6.06. The maximum absolute atomic E-state index is 6.01. The zero-order valence-corrected chi connectivity index (χ0v) is 14.7. The monoisotopic (exact) mass is 325 g/mol.